The van der Waals surface area contributed by atoms with Crippen LogP contribution in [0.4, 0.5) is 11.5 Å². The van der Waals surface area contributed by atoms with Crippen molar-refractivity contribution in [1.82, 2.24) is 4.98 Å². The summed E-state index contributed by atoms with van der Waals surface area (Å²) < 4.78 is 25.9. The molecule has 1 aliphatic rings. The summed E-state index contributed by atoms with van der Waals surface area (Å²) in [6.45, 7) is 7.53. The van der Waals surface area contributed by atoms with Crippen molar-refractivity contribution in [3.05, 3.63) is 48.7 Å². The highest BCUT2D eigenvalue weighted by Gasteiger charge is 2.22. The minimum absolute atomic E-state index is 0.225. The molecule has 2 heterocycles. The van der Waals surface area contributed by atoms with Crippen LogP contribution in [0.1, 0.15) is 25.5 Å². The van der Waals surface area contributed by atoms with Gasteiger partial charge >= 0.3 is 0 Å². The summed E-state index contributed by atoms with van der Waals surface area (Å²) in [5, 5.41) is 0. The van der Waals surface area contributed by atoms with Gasteiger partial charge in [-0.15, -0.1) is 0 Å². The second-order valence-electron chi connectivity index (χ2n) is 6.09. The van der Waals surface area contributed by atoms with Crippen molar-refractivity contribution in [2.45, 2.75) is 29.6 Å². The maximum Gasteiger partial charge on any atom is 0.206 e. The molecule has 1 saturated heterocycles. The Morgan fingerprint density at radius 2 is 1.75 bits per heavy atom. The lowest BCUT2D eigenvalue weighted by Crippen LogP contribution is -2.20. The van der Waals surface area contributed by atoms with Gasteiger partial charge in [-0.2, -0.15) is 0 Å². The van der Waals surface area contributed by atoms with Gasteiger partial charge in [0.2, 0.25) is 9.84 Å². The fraction of sp³-hybridized carbons (Fsp3) is 0.278. The lowest BCUT2D eigenvalue weighted by atomic mass is 10.2. The van der Waals surface area contributed by atoms with E-state index in [1.807, 2.05) is 6.92 Å². The zero-order valence-electron chi connectivity index (χ0n) is 13.7. The molecule has 0 spiro atoms. The molecule has 1 aromatic carbocycles. The molecule has 2 aromatic rings. The number of hydrogen-bond acceptors (Lipinski definition) is 5. The minimum Gasteiger partial charge on any atom is -0.399 e. The van der Waals surface area contributed by atoms with E-state index in [0.717, 1.165) is 31.5 Å². The number of sulfone groups is 1. The van der Waals surface area contributed by atoms with Crippen LogP contribution in [0, 0.1) is 0 Å². The molecule has 0 radical (unpaired) electrons. The van der Waals surface area contributed by atoms with Crippen LogP contribution in [0.2, 0.25) is 0 Å². The molecular weight excluding hydrogens is 322 g/mol. The maximum atomic E-state index is 13.0. The Morgan fingerprint density at radius 1 is 1.12 bits per heavy atom. The standard InChI is InChI=1S/C18H21N3O2S/c1-13(2)17-11-16(12-18(20-17)21-9-3-4-10-21)24(22,23)15-7-5-14(19)6-8-15/h5-8,11-12H,1,3-4,9-10,19H2,2H3. The Bertz CT molecular complexity index is 868. The average Bonchev–Trinajstić information content (AvgIpc) is 3.09. The summed E-state index contributed by atoms with van der Waals surface area (Å²) in [4.78, 5) is 7.16. The highest BCUT2D eigenvalue weighted by molar-refractivity contribution is 7.91. The summed E-state index contributed by atoms with van der Waals surface area (Å²) in [5.74, 6) is 0.696. The van der Waals surface area contributed by atoms with Gasteiger partial charge in [0, 0.05) is 18.8 Å². The van der Waals surface area contributed by atoms with E-state index in [9.17, 15) is 8.42 Å². The van der Waals surface area contributed by atoms with Crippen LogP contribution in [0.15, 0.2) is 52.8 Å². The zero-order chi connectivity index (χ0) is 17.3. The van der Waals surface area contributed by atoms with E-state index in [-0.39, 0.29) is 9.79 Å². The normalized spacial score (nSPS) is 14.8. The van der Waals surface area contributed by atoms with Crippen LogP contribution in [0.5, 0.6) is 0 Å². The van der Waals surface area contributed by atoms with E-state index in [4.69, 9.17) is 5.73 Å². The fourth-order valence-corrected chi connectivity index (χ4v) is 4.05. The Morgan fingerprint density at radius 3 is 2.33 bits per heavy atom. The first-order valence-electron chi connectivity index (χ1n) is 7.91. The molecule has 0 saturated carbocycles. The van der Waals surface area contributed by atoms with Gasteiger partial charge in [0.05, 0.1) is 15.5 Å². The van der Waals surface area contributed by atoms with Crippen LogP contribution >= 0.6 is 0 Å². The first-order chi connectivity index (χ1) is 11.4. The lowest BCUT2D eigenvalue weighted by Gasteiger charge is -2.19. The maximum absolute atomic E-state index is 13.0. The number of allylic oxidation sites excluding steroid dienone is 1. The second-order valence-corrected chi connectivity index (χ2v) is 8.04. The number of nitrogen functional groups attached to an aromatic ring is 1. The molecule has 0 amide bonds. The third-order valence-corrected chi connectivity index (χ3v) is 5.90. The van der Waals surface area contributed by atoms with E-state index in [0.29, 0.717) is 17.2 Å². The molecule has 1 aliphatic heterocycles. The largest absolute Gasteiger partial charge is 0.399 e. The number of benzene rings is 1. The molecule has 0 bridgehead atoms. The Labute approximate surface area is 142 Å². The van der Waals surface area contributed by atoms with E-state index in [2.05, 4.69) is 16.5 Å². The summed E-state index contributed by atoms with van der Waals surface area (Å²) >= 11 is 0. The molecule has 1 aromatic heterocycles. The number of anilines is 2. The molecule has 6 heteroatoms. The molecule has 0 unspecified atom stereocenters. The van der Waals surface area contributed by atoms with E-state index in [1.165, 1.54) is 12.1 Å². The molecule has 24 heavy (non-hydrogen) atoms. The summed E-state index contributed by atoms with van der Waals surface area (Å²) in [6, 6.07) is 9.49. The van der Waals surface area contributed by atoms with Crippen molar-refractivity contribution < 1.29 is 8.42 Å². The number of hydrogen-bond donors (Lipinski definition) is 1. The quantitative estimate of drug-likeness (QED) is 0.863. The van der Waals surface area contributed by atoms with Crippen molar-refractivity contribution in [3.63, 3.8) is 0 Å². The van der Waals surface area contributed by atoms with Crippen molar-refractivity contribution >= 4 is 26.9 Å². The first-order valence-corrected chi connectivity index (χ1v) is 9.40. The number of nitrogens with two attached hydrogens (primary N) is 1. The van der Waals surface area contributed by atoms with Crippen LogP contribution in [-0.2, 0) is 9.84 Å². The Hall–Kier alpha value is -2.34. The van der Waals surface area contributed by atoms with Gasteiger partial charge in [-0.1, -0.05) is 6.58 Å². The Balaban J connectivity index is 2.11. The van der Waals surface area contributed by atoms with Gasteiger partial charge in [0.25, 0.3) is 0 Å². The topological polar surface area (TPSA) is 76.3 Å². The van der Waals surface area contributed by atoms with Crippen molar-refractivity contribution in [2.75, 3.05) is 23.7 Å². The number of pyridine rings is 1. The molecule has 126 valence electrons. The van der Waals surface area contributed by atoms with E-state index in [1.54, 1.807) is 24.3 Å². The van der Waals surface area contributed by atoms with Gasteiger partial charge in [0.15, 0.2) is 0 Å². The van der Waals surface area contributed by atoms with E-state index >= 15 is 0 Å². The van der Waals surface area contributed by atoms with Gasteiger partial charge in [-0.3, -0.25) is 0 Å². The molecule has 5 nitrogen and oxygen atoms in total. The van der Waals surface area contributed by atoms with Crippen molar-refractivity contribution in [1.29, 1.82) is 0 Å². The SMILES string of the molecule is C=C(C)c1cc(S(=O)(=O)c2ccc(N)cc2)cc(N2CCCC2)n1. The lowest BCUT2D eigenvalue weighted by molar-refractivity contribution is 0.596. The highest BCUT2D eigenvalue weighted by atomic mass is 32.2. The fourth-order valence-electron chi connectivity index (χ4n) is 2.76. The zero-order valence-corrected chi connectivity index (χ0v) is 14.5. The van der Waals surface area contributed by atoms with Crippen LogP contribution < -0.4 is 10.6 Å². The summed E-state index contributed by atoms with van der Waals surface area (Å²) in [5.41, 5.74) is 7.53. The molecule has 0 aliphatic carbocycles. The highest BCUT2D eigenvalue weighted by Crippen LogP contribution is 2.28. The monoisotopic (exact) mass is 343 g/mol. The minimum atomic E-state index is -3.63. The number of nitrogens with zero attached hydrogens (tertiary/aromatic N) is 2. The van der Waals surface area contributed by atoms with Crippen LogP contribution in [-0.4, -0.2) is 26.5 Å². The molecule has 0 atom stereocenters. The van der Waals surface area contributed by atoms with Gasteiger partial charge in [0.1, 0.15) is 5.82 Å². The van der Waals surface area contributed by atoms with Gasteiger partial charge in [-0.05, 0) is 61.7 Å². The van der Waals surface area contributed by atoms with Gasteiger partial charge in [-0.25, -0.2) is 13.4 Å². The van der Waals surface area contributed by atoms with Crippen molar-refractivity contribution in [3.8, 4) is 0 Å². The smallest absolute Gasteiger partial charge is 0.206 e. The molecule has 2 N–H and O–H groups in total. The average molecular weight is 343 g/mol. The predicted molar refractivity (Wildman–Crippen MR) is 96.7 cm³/mol. The van der Waals surface area contributed by atoms with E-state index < -0.39 is 9.84 Å². The summed E-state index contributed by atoms with van der Waals surface area (Å²) in [6.07, 6.45) is 2.19. The third kappa shape index (κ3) is 3.14. The van der Waals surface area contributed by atoms with Crippen LogP contribution in [0.25, 0.3) is 5.57 Å². The van der Waals surface area contributed by atoms with Crippen LogP contribution in [0.3, 0.4) is 0 Å². The number of rotatable bonds is 4. The Kier molecular flexibility index (Phi) is 4.32. The molecule has 1 fully saturated rings. The molecular formula is C18H21N3O2S. The molecule has 3 rings (SSSR count). The second kappa shape index (κ2) is 6.28. The summed E-state index contributed by atoms with van der Waals surface area (Å²) in [7, 11) is -3.63. The number of aromatic nitrogens is 1. The predicted octanol–water partition coefficient (Wildman–Crippen LogP) is 3.13. The third-order valence-electron chi connectivity index (χ3n) is 4.15. The first kappa shape index (κ1) is 16.5. The van der Waals surface area contributed by atoms with Gasteiger partial charge < -0.3 is 10.6 Å². The van der Waals surface area contributed by atoms with Crippen molar-refractivity contribution in [2.24, 2.45) is 0 Å².